The minimum Gasteiger partial charge on any atom is -0.299 e. The van der Waals surface area contributed by atoms with E-state index in [1.54, 1.807) is 0 Å². The maximum atomic E-state index is 7.86. The summed E-state index contributed by atoms with van der Waals surface area (Å²) in [5, 5.41) is 7.86. The molecule has 1 rings (SSSR count). The SMILES string of the molecule is C=C1CC[N+](C)(S(C)=C(C)C)CC1=N. The van der Waals surface area contributed by atoms with E-state index in [0.29, 0.717) is 0 Å². The number of nitrogens with one attached hydrogen (secondary N) is 1. The van der Waals surface area contributed by atoms with Crippen molar-refractivity contribution in [1.82, 2.24) is 0 Å². The van der Waals surface area contributed by atoms with Crippen molar-refractivity contribution in [3.05, 3.63) is 12.2 Å². The average molecular weight is 213 g/mol. The summed E-state index contributed by atoms with van der Waals surface area (Å²) in [6.45, 7) is 10.3. The highest BCUT2D eigenvalue weighted by Gasteiger charge is 2.31. The molecule has 14 heavy (non-hydrogen) atoms. The van der Waals surface area contributed by atoms with Crippen LogP contribution < -0.4 is 0 Å². The van der Waals surface area contributed by atoms with Gasteiger partial charge in [0.2, 0.25) is 0 Å². The van der Waals surface area contributed by atoms with Crippen LogP contribution in [0, 0.1) is 5.41 Å². The molecular weight excluding hydrogens is 192 g/mol. The number of hydrogen-bond acceptors (Lipinski definition) is 1. The molecule has 0 aromatic rings. The topological polar surface area (TPSA) is 23.9 Å². The van der Waals surface area contributed by atoms with Gasteiger partial charge in [-0.2, -0.15) is 0 Å². The Bertz CT molecular complexity index is 313. The second kappa shape index (κ2) is 3.99. The normalized spacial score (nSPS) is 30.3. The van der Waals surface area contributed by atoms with Crippen LogP contribution in [-0.2, 0) is 0 Å². The second-order valence-electron chi connectivity index (χ2n) is 4.40. The monoisotopic (exact) mass is 213 g/mol. The third-order valence-corrected chi connectivity index (χ3v) is 5.87. The molecule has 1 aliphatic rings. The van der Waals surface area contributed by atoms with E-state index in [2.05, 4.69) is 33.7 Å². The Balaban J connectivity index is 2.93. The Morgan fingerprint density at radius 3 is 2.50 bits per heavy atom. The Labute approximate surface area is 89.8 Å². The van der Waals surface area contributed by atoms with Gasteiger partial charge in [-0.25, -0.2) is 0 Å². The molecule has 0 radical (unpaired) electrons. The highest BCUT2D eigenvalue weighted by molar-refractivity contribution is 8.10. The van der Waals surface area contributed by atoms with Crippen molar-refractivity contribution in [1.29, 1.82) is 5.41 Å². The van der Waals surface area contributed by atoms with Crippen molar-refractivity contribution in [3.8, 4) is 0 Å². The van der Waals surface area contributed by atoms with Crippen LogP contribution in [0.2, 0.25) is 0 Å². The maximum absolute atomic E-state index is 7.86. The summed E-state index contributed by atoms with van der Waals surface area (Å²) in [4.78, 5) is 1.48. The van der Waals surface area contributed by atoms with Gasteiger partial charge in [-0.1, -0.05) is 6.58 Å². The summed E-state index contributed by atoms with van der Waals surface area (Å²) in [6.07, 6.45) is 3.27. The first-order valence-electron chi connectivity index (χ1n) is 4.94. The van der Waals surface area contributed by atoms with Crippen LogP contribution in [0.4, 0.5) is 0 Å². The number of likely N-dealkylation sites (tertiary alicyclic amines) is 1. The Morgan fingerprint density at radius 2 is 2.07 bits per heavy atom. The summed E-state index contributed by atoms with van der Waals surface area (Å²) in [5.41, 5.74) is 1.78. The molecule has 1 fully saturated rings. The molecule has 1 aliphatic heterocycles. The smallest absolute Gasteiger partial charge is 0.131 e. The summed E-state index contributed by atoms with van der Waals surface area (Å²) in [5.74, 6) is 0. The molecule has 0 spiro atoms. The number of quaternary nitrogens is 1. The first kappa shape index (κ1) is 11.7. The zero-order valence-corrected chi connectivity index (χ0v) is 10.5. The van der Waals surface area contributed by atoms with Crippen molar-refractivity contribution in [2.75, 3.05) is 26.4 Å². The van der Waals surface area contributed by atoms with Gasteiger partial charge in [0.25, 0.3) is 0 Å². The molecule has 0 aromatic heterocycles. The van der Waals surface area contributed by atoms with Crippen LogP contribution in [0.5, 0.6) is 0 Å². The van der Waals surface area contributed by atoms with Crippen LogP contribution in [0.25, 0.3) is 0 Å². The molecule has 2 atom stereocenters. The molecule has 0 amide bonds. The van der Waals surface area contributed by atoms with Gasteiger partial charge in [0.15, 0.2) is 0 Å². The molecule has 2 unspecified atom stereocenters. The van der Waals surface area contributed by atoms with E-state index in [0.717, 1.165) is 34.7 Å². The van der Waals surface area contributed by atoms with Gasteiger partial charge in [0.05, 0.1) is 19.3 Å². The molecule has 1 saturated heterocycles. The molecule has 2 nitrogen and oxygen atoms in total. The Kier molecular flexibility index (Phi) is 3.32. The lowest BCUT2D eigenvalue weighted by molar-refractivity contribution is -0.765. The van der Waals surface area contributed by atoms with E-state index in [9.17, 15) is 0 Å². The fourth-order valence-corrected chi connectivity index (χ4v) is 3.29. The molecule has 0 bridgehead atoms. The largest absolute Gasteiger partial charge is 0.299 e. The van der Waals surface area contributed by atoms with E-state index in [4.69, 9.17) is 5.41 Å². The van der Waals surface area contributed by atoms with Gasteiger partial charge in [0, 0.05) is 12.7 Å². The van der Waals surface area contributed by atoms with E-state index >= 15 is 0 Å². The lowest BCUT2D eigenvalue weighted by Gasteiger charge is -2.39. The molecule has 0 aliphatic carbocycles. The third-order valence-electron chi connectivity index (χ3n) is 3.06. The molecule has 1 N–H and O–H groups in total. The minimum absolute atomic E-state index is 0.263. The maximum Gasteiger partial charge on any atom is 0.131 e. The van der Waals surface area contributed by atoms with Gasteiger partial charge >= 0.3 is 0 Å². The number of piperidine rings is 1. The zero-order chi connectivity index (χ0) is 10.9. The van der Waals surface area contributed by atoms with Crippen LogP contribution >= 0.6 is 10.7 Å². The summed E-state index contributed by atoms with van der Waals surface area (Å²) < 4.78 is 1.00. The van der Waals surface area contributed by atoms with Crippen molar-refractivity contribution >= 4 is 21.2 Å². The van der Waals surface area contributed by atoms with Crippen LogP contribution in [-0.4, -0.2) is 40.9 Å². The van der Waals surface area contributed by atoms with Crippen molar-refractivity contribution < 1.29 is 3.89 Å². The first-order chi connectivity index (χ1) is 6.37. The van der Waals surface area contributed by atoms with Gasteiger partial charge in [0.1, 0.15) is 6.54 Å². The van der Waals surface area contributed by atoms with Gasteiger partial charge < -0.3 is 0 Å². The van der Waals surface area contributed by atoms with Gasteiger partial charge in [-0.15, -0.1) is 0 Å². The summed E-state index contributed by atoms with van der Waals surface area (Å²) in [7, 11) is 2.52. The lowest BCUT2D eigenvalue weighted by atomic mass is 10.0. The van der Waals surface area contributed by atoms with Crippen LogP contribution in [0.15, 0.2) is 12.2 Å². The molecule has 1 heterocycles. The average Bonchev–Trinajstić information content (AvgIpc) is 2.11. The third kappa shape index (κ3) is 2.15. The molecule has 3 heteroatoms. The van der Waals surface area contributed by atoms with Crippen LogP contribution in [0.3, 0.4) is 0 Å². The van der Waals surface area contributed by atoms with E-state index in [1.807, 2.05) is 0 Å². The van der Waals surface area contributed by atoms with Crippen LogP contribution in [0.1, 0.15) is 20.3 Å². The van der Waals surface area contributed by atoms with Gasteiger partial charge in [-0.3, -0.25) is 9.30 Å². The standard InChI is InChI=1S/C11H21N2S/c1-9(2)14(5)13(4)7-6-10(3)11(12)8-13/h12H,3,6-8H2,1-2,4-5H3/q+1. The fraction of sp³-hybridized carbons (Fsp3) is 0.636. The fourth-order valence-electron chi connectivity index (χ4n) is 1.72. The molecule has 0 saturated carbocycles. The molecule has 80 valence electrons. The van der Waals surface area contributed by atoms with E-state index in [-0.39, 0.29) is 10.7 Å². The Hall–Kier alpha value is -0.410. The van der Waals surface area contributed by atoms with Crippen molar-refractivity contribution in [3.63, 3.8) is 0 Å². The summed E-state index contributed by atoms with van der Waals surface area (Å²) in [6, 6.07) is 0. The van der Waals surface area contributed by atoms with Gasteiger partial charge in [-0.05, 0) is 35.0 Å². The van der Waals surface area contributed by atoms with E-state index < -0.39 is 0 Å². The van der Waals surface area contributed by atoms with Crippen molar-refractivity contribution in [2.24, 2.45) is 0 Å². The number of rotatable bonds is 1. The predicted molar refractivity (Wildman–Crippen MR) is 67.3 cm³/mol. The quantitative estimate of drug-likeness (QED) is 0.511. The molecular formula is C11H21N2S+. The Morgan fingerprint density at radius 1 is 1.50 bits per heavy atom. The highest BCUT2D eigenvalue weighted by Crippen LogP contribution is 2.31. The summed E-state index contributed by atoms with van der Waals surface area (Å²) >= 11 is 0. The lowest BCUT2D eigenvalue weighted by Crippen LogP contribution is -2.47. The molecule has 0 aromatic carbocycles. The first-order valence-corrected chi connectivity index (χ1v) is 6.53. The number of nitrogens with zero attached hydrogens (tertiary/aromatic N) is 1. The van der Waals surface area contributed by atoms with E-state index in [1.165, 1.54) is 4.86 Å². The van der Waals surface area contributed by atoms with Crippen molar-refractivity contribution in [2.45, 2.75) is 20.3 Å². The number of hydrogen-bond donors (Lipinski definition) is 1. The highest BCUT2D eigenvalue weighted by atomic mass is 32.2. The zero-order valence-electron chi connectivity index (χ0n) is 9.68. The second-order valence-corrected chi connectivity index (χ2v) is 7.05. The predicted octanol–water partition coefficient (Wildman–Crippen LogP) is 2.44. The minimum atomic E-state index is 0.263.